The molecule has 18 heavy (non-hydrogen) atoms. The standard InChI is InChI=1S/C12H23N3O2.HI/c13-12(15-11-2-3-11)14-5-1-6-16-8-10-4-7-17-9-10;/h10-11H,1-9H2,(H3,13,14,15);1H. The third-order valence-electron chi connectivity index (χ3n) is 3.04. The molecule has 0 radical (unpaired) electrons. The number of nitrogens with one attached hydrogen (secondary N) is 1. The van der Waals surface area contributed by atoms with Gasteiger partial charge in [-0.25, -0.2) is 0 Å². The monoisotopic (exact) mass is 369 g/mol. The molecule has 1 aliphatic carbocycles. The van der Waals surface area contributed by atoms with E-state index >= 15 is 0 Å². The van der Waals surface area contributed by atoms with E-state index in [1.165, 1.54) is 12.8 Å². The summed E-state index contributed by atoms with van der Waals surface area (Å²) in [6, 6.07) is 0.581. The average molecular weight is 369 g/mol. The van der Waals surface area contributed by atoms with Gasteiger partial charge in [0.15, 0.2) is 5.96 Å². The topological polar surface area (TPSA) is 68.9 Å². The molecule has 2 fully saturated rings. The number of hydrogen-bond acceptors (Lipinski definition) is 3. The van der Waals surface area contributed by atoms with Crippen molar-refractivity contribution >= 4 is 29.9 Å². The van der Waals surface area contributed by atoms with E-state index < -0.39 is 0 Å². The molecule has 106 valence electrons. The zero-order valence-electron chi connectivity index (χ0n) is 10.8. The third kappa shape index (κ3) is 6.75. The summed E-state index contributed by atoms with van der Waals surface area (Å²) in [4.78, 5) is 4.25. The number of guanidine groups is 1. The van der Waals surface area contributed by atoms with Crippen LogP contribution in [0.5, 0.6) is 0 Å². The van der Waals surface area contributed by atoms with Gasteiger partial charge in [0, 0.05) is 31.7 Å². The molecule has 1 saturated carbocycles. The van der Waals surface area contributed by atoms with Gasteiger partial charge in [-0.1, -0.05) is 0 Å². The van der Waals surface area contributed by atoms with Crippen LogP contribution >= 0.6 is 24.0 Å². The Morgan fingerprint density at radius 2 is 2.22 bits per heavy atom. The third-order valence-corrected chi connectivity index (χ3v) is 3.04. The van der Waals surface area contributed by atoms with E-state index in [9.17, 15) is 0 Å². The maximum atomic E-state index is 5.71. The van der Waals surface area contributed by atoms with Crippen LogP contribution in [0.1, 0.15) is 25.7 Å². The summed E-state index contributed by atoms with van der Waals surface area (Å²) >= 11 is 0. The molecule has 1 unspecified atom stereocenters. The van der Waals surface area contributed by atoms with E-state index in [0.29, 0.717) is 17.9 Å². The Labute approximate surface area is 126 Å². The fourth-order valence-electron chi connectivity index (χ4n) is 1.81. The normalized spacial score (nSPS) is 23.8. The molecule has 0 aromatic rings. The fourth-order valence-corrected chi connectivity index (χ4v) is 1.81. The van der Waals surface area contributed by atoms with Gasteiger partial charge in [0.05, 0.1) is 13.2 Å². The van der Waals surface area contributed by atoms with Gasteiger partial charge in [-0.2, -0.15) is 0 Å². The van der Waals surface area contributed by atoms with E-state index in [0.717, 1.165) is 45.8 Å². The molecular formula is C12H24IN3O2. The first kappa shape index (κ1) is 16.0. The van der Waals surface area contributed by atoms with Crippen LogP contribution in [-0.4, -0.2) is 45.0 Å². The zero-order valence-corrected chi connectivity index (χ0v) is 13.1. The molecular weight excluding hydrogens is 345 g/mol. The van der Waals surface area contributed by atoms with Crippen LogP contribution in [0.25, 0.3) is 0 Å². The van der Waals surface area contributed by atoms with Crippen molar-refractivity contribution in [3.63, 3.8) is 0 Å². The molecule has 6 heteroatoms. The van der Waals surface area contributed by atoms with E-state index in [1.807, 2.05) is 0 Å². The number of nitrogens with zero attached hydrogens (tertiary/aromatic N) is 1. The van der Waals surface area contributed by atoms with Crippen LogP contribution in [0.15, 0.2) is 4.99 Å². The maximum absolute atomic E-state index is 5.71. The Morgan fingerprint density at radius 1 is 1.39 bits per heavy atom. The molecule has 0 bridgehead atoms. The van der Waals surface area contributed by atoms with E-state index in [-0.39, 0.29) is 24.0 Å². The molecule has 2 aliphatic rings. The molecule has 1 heterocycles. The van der Waals surface area contributed by atoms with Crippen LogP contribution in [0.4, 0.5) is 0 Å². The van der Waals surface area contributed by atoms with E-state index in [1.54, 1.807) is 0 Å². The average Bonchev–Trinajstić information content (AvgIpc) is 2.96. The number of ether oxygens (including phenoxy) is 2. The van der Waals surface area contributed by atoms with Gasteiger partial charge in [-0.15, -0.1) is 24.0 Å². The largest absolute Gasteiger partial charge is 0.381 e. The van der Waals surface area contributed by atoms with Crippen molar-refractivity contribution in [2.24, 2.45) is 16.6 Å². The summed E-state index contributed by atoms with van der Waals surface area (Å²) in [6.07, 6.45) is 4.52. The highest BCUT2D eigenvalue weighted by molar-refractivity contribution is 14.0. The minimum atomic E-state index is 0. The van der Waals surface area contributed by atoms with Crippen molar-refractivity contribution < 1.29 is 9.47 Å². The Hall–Kier alpha value is -0.0800. The number of nitrogens with two attached hydrogens (primary N) is 1. The molecule has 1 aliphatic heterocycles. The quantitative estimate of drug-likeness (QED) is 0.305. The highest BCUT2D eigenvalue weighted by Gasteiger charge is 2.21. The van der Waals surface area contributed by atoms with Crippen LogP contribution in [0, 0.1) is 5.92 Å². The minimum absolute atomic E-state index is 0. The van der Waals surface area contributed by atoms with Gasteiger partial charge in [0.2, 0.25) is 0 Å². The Kier molecular flexibility index (Phi) is 7.92. The second kappa shape index (κ2) is 8.92. The lowest BCUT2D eigenvalue weighted by Gasteiger charge is -2.08. The predicted molar refractivity (Wildman–Crippen MR) is 82.4 cm³/mol. The summed E-state index contributed by atoms with van der Waals surface area (Å²) in [5, 5.41) is 3.16. The van der Waals surface area contributed by atoms with E-state index in [2.05, 4.69) is 10.3 Å². The molecule has 2 rings (SSSR count). The molecule has 0 aromatic carbocycles. The van der Waals surface area contributed by atoms with Gasteiger partial charge in [-0.05, 0) is 25.7 Å². The lowest BCUT2D eigenvalue weighted by Crippen LogP contribution is -2.33. The molecule has 1 atom stereocenters. The van der Waals surface area contributed by atoms with Crippen molar-refractivity contribution in [3.8, 4) is 0 Å². The Balaban J connectivity index is 0.00000162. The highest BCUT2D eigenvalue weighted by atomic mass is 127. The van der Waals surface area contributed by atoms with Gasteiger partial charge < -0.3 is 20.5 Å². The van der Waals surface area contributed by atoms with Gasteiger partial charge >= 0.3 is 0 Å². The second-order valence-corrected chi connectivity index (χ2v) is 4.84. The van der Waals surface area contributed by atoms with Crippen LogP contribution in [0.2, 0.25) is 0 Å². The van der Waals surface area contributed by atoms with Gasteiger partial charge in [0.25, 0.3) is 0 Å². The SMILES string of the molecule is I.NC(=NCCCOCC1CCOC1)NC1CC1. The first-order chi connectivity index (χ1) is 8.34. The van der Waals surface area contributed by atoms with Crippen molar-refractivity contribution in [2.75, 3.05) is 33.0 Å². The Bertz CT molecular complexity index is 254. The number of hydrogen-bond donors (Lipinski definition) is 2. The molecule has 0 spiro atoms. The van der Waals surface area contributed by atoms with Crippen molar-refractivity contribution in [3.05, 3.63) is 0 Å². The maximum Gasteiger partial charge on any atom is 0.188 e. The summed E-state index contributed by atoms with van der Waals surface area (Å²) in [5.41, 5.74) is 5.71. The first-order valence-corrected chi connectivity index (χ1v) is 6.56. The number of rotatable bonds is 7. The molecule has 0 amide bonds. The zero-order chi connectivity index (χ0) is 11.9. The molecule has 5 nitrogen and oxygen atoms in total. The van der Waals surface area contributed by atoms with Crippen molar-refractivity contribution in [2.45, 2.75) is 31.7 Å². The lowest BCUT2D eigenvalue weighted by atomic mass is 10.1. The smallest absolute Gasteiger partial charge is 0.188 e. The second-order valence-electron chi connectivity index (χ2n) is 4.84. The van der Waals surface area contributed by atoms with Crippen LogP contribution < -0.4 is 11.1 Å². The van der Waals surface area contributed by atoms with Crippen molar-refractivity contribution in [1.29, 1.82) is 0 Å². The van der Waals surface area contributed by atoms with Gasteiger partial charge in [0.1, 0.15) is 0 Å². The summed E-state index contributed by atoms with van der Waals surface area (Å²) in [7, 11) is 0. The molecule has 0 aromatic heterocycles. The fraction of sp³-hybridized carbons (Fsp3) is 0.917. The first-order valence-electron chi connectivity index (χ1n) is 6.56. The Morgan fingerprint density at radius 3 is 2.89 bits per heavy atom. The minimum Gasteiger partial charge on any atom is -0.381 e. The van der Waals surface area contributed by atoms with Crippen LogP contribution in [-0.2, 0) is 9.47 Å². The number of aliphatic imine (C=N–C) groups is 1. The lowest BCUT2D eigenvalue weighted by molar-refractivity contribution is 0.0893. The van der Waals surface area contributed by atoms with E-state index in [4.69, 9.17) is 15.2 Å². The molecule has 3 N–H and O–H groups in total. The van der Waals surface area contributed by atoms with Crippen molar-refractivity contribution in [1.82, 2.24) is 5.32 Å². The van der Waals surface area contributed by atoms with Gasteiger partial charge in [-0.3, -0.25) is 4.99 Å². The predicted octanol–water partition coefficient (Wildman–Crippen LogP) is 1.11. The summed E-state index contributed by atoms with van der Waals surface area (Å²) in [5.74, 6) is 1.18. The summed E-state index contributed by atoms with van der Waals surface area (Å²) < 4.78 is 10.9. The highest BCUT2D eigenvalue weighted by Crippen LogP contribution is 2.17. The molecule has 1 saturated heterocycles. The van der Waals surface area contributed by atoms with Crippen LogP contribution in [0.3, 0.4) is 0 Å². The summed E-state index contributed by atoms with van der Waals surface area (Å²) in [6.45, 7) is 4.07. The number of halogens is 1.